The van der Waals surface area contributed by atoms with Crippen LogP contribution in [-0.4, -0.2) is 19.2 Å². The largest absolute Gasteiger partial charge is 0.267 e. The van der Waals surface area contributed by atoms with Gasteiger partial charge in [0.25, 0.3) is 0 Å². The maximum Gasteiger partial charge on any atom is 0.233 e. The van der Waals surface area contributed by atoms with E-state index in [-0.39, 0.29) is 16.7 Å². The molecule has 0 atom stereocenters. The molecule has 1 rings (SSSR count). The molecule has 17 heavy (non-hydrogen) atoms. The summed E-state index contributed by atoms with van der Waals surface area (Å²) in [6, 6.07) is 3.34. The van der Waals surface area contributed by atoms with Gasteiger partial charge >= 0.3 is 0 Å². The fraction of sp³-hybridized carbons (Fsp3) is 0.500. The molecule has 0 fully saturated rings. The number of hydrogen-bond acceptors (Lipinski definition) is 3. The summed E-state index contributed by atoms with van der Waals surface area (Å²) in [7, 11) is -3.32. The summed E-state index contributed by atoms with van der Waals surface area (Å²) < 4.78 is 25.8. The molecule has 7 heteroatoms. The summed E-state index contributed by atoms with van der Waals surface area (Å²) in [5, 5.41) is 0.869. The number of alkyl halides is 1. The normalized spacial score (nSPS) is 11.5. The van der Waals surface area contributed by atoms with Crippen LogP contribution in [-0.2, 0) is 15.4 Å². The number of hydrogen-bond donors (Lipinski definition) is 1. The molecule has 0 saturated carbocycles. The Kier molecular flexibility index (Phi) is 5.69. The van der Waals surface area contributed by atoms with Gasteiger partial charge in [0, 0.05) is 5.33 Å². The van der Waals surface area contributed by atoms with Crippen molar-refractivity contribution >= 4 is 43.4 Å². The molecule has 0 aliphatic rings. The zero-order chi connectivity index (χ0) is 12.9. The maximum absolute atomic E-state index is 11.7. The summed E-state index contributed by atoms with van der Waals surface area (Å²) in [5.41, 5.74) is 0.873. The minimum Gasteiger partial charge on any atom is -0.267 e. The minimum absolute atomic E-state index is 0.0986. The molecule has 0 spiro atoms. The van der Waals surface area contributed by atoms with Gasteiger partial charge in [0.05, 0.1) is 5.75 Å². The third-order valence-electron chi connectivity index (χ3n) is 2.03. The molecule has 1 aromatic heterocycles. The smallest absolute Gasteiger partial charge is 0.233 e. The highest BCUT2D eigenvalue weighted by Crippen LogP contribution is 2.17. The molecule has 4 nitrogen and oxygen atoms in total. The van der Waals surface area contributed by atoms with E-state index in [0.29, 0.717) is 11.8 Å². The van der Waals surface area contributed by atoms with Crippen molar-refractivity contribution < 1.29 is 8.42 Å². The summed E-state index contributed by atoms with van der Waals surface area (Å²) in [4.78, 5) is 3.93. The number of nitrogens with one attached hydrogen (secondary N) is 1. The lowest BCUT2D eigenvalue weighted by Crippen LogP contribution is -2.17. The Balaban J connectivity index is 2.84. The molecule has 0 amide bonds. The molecular formula is C10H14BrClN2O2S. The molecule has 0 bridgehead atoms. The lowest BCUT2D eigenvalue weighted by atomic mass is 10.3. The SMILES string of the molecule is CCCCS(=O)(=O)Nc1cc(CBr)cc(Cl)n1. The Morgan fingerprint density at radius 3 is 2.76 bits per heavy atom. The van der Waals surface area contributed by atoms with Crippen molar-refractivity contribution in [2.75, 3.05) is 10.5 Å². The predicted octanol–water partition coefficient (Wildman–Crippen LogP) is 3.17. The summed E-state index contributed by atoms with van der Waals surface area (Å²) in [5.74, 6) is 0.365. The average Bonchev–Trinajstić information content (AvgIpc) is 2.25. The first-order valence-electron chi connectivity index (χ1n) is 5.19. The Bertz CT molecular complexity index is 479. The van der Waals surface area contributed by atoms with Crippen LogP contribution < -0.4 is 4.72 Å². The Morgan fingerprint density at radius 1 is 1.47 bits per heavy atom. The fourth-order valence-electron chi connectivity index (χ4n) is 1.22. The van der Waals surface area contributed by atoms with Crippen molar-refractivity contribution in [3.8, 4) is 0 Å². The Labute approximate surface area is 115 Å². The second kappa shape index (κ2) is 6.56. The van der Waals surface area contributed by atoms with Crippen LogP contribution in [0.1, 0.15) is 25.3 Å². The number of sulfonamides is 1. The third-order valence-corrected chi connectivity index (χ3v) is 4.22. The average molecular weight is 342 g/mol. The van der Waals surface area contributed by atoms with E-state index < -0.39 is 10.0 Å². The van der Waals surface area contributed by atoms with Gasteiger partial charge < -0.3 is 0 Å². The Morgan fingerprint density at radius 2 is 2.18 bits per heavy atom. The van der Waals surface area contributed by atoms with Gasteiger partial charge in [-0.15, -0.1) is 0 Å². The van der Waals surface area contributed by atoms with Crippen molar-refractivity contribution in [2.45, 2.75) is 25.1 Å². The summed E-state index contributed by atoms with van der Waals surface area (Å²) in [6.07, 6.45) is 1.46. The lowest BCUT2D eigenvalue weighted by molar-refractivity contribution is 0.597. The monoisotopic (exact) mass is 340 g/mol. The number of rotatable bonds is 6. The second-order valence-electron chi connectivity index (χ2n) is 3.59. The number of pyridine rings is 1. The zero-order valence-electron chi connectivity index (χ0n) is 9.41. The van der Waals surface area contributed by atoms with E-state index in [1.165, 1.54) is 0 Å². The highest BCUT2D eigenvalue weighted by molar-refractivity contribution is 9.08. The maximum atomic E-state index is 11.7. The van der Waals surface area contributed by atoms with E-state index in [1.807, 2.05) is 6.92 Å². The number of unbranched alkanes of at least 4 members (excludes halogenated alkanes) is 1. The van der Waals surface area contributed by atoms with Crippen LogP contribution in [0.25, 0.3) is 0 Å². The van der Waals surface area contributed by atoms with Crippen LogP contribution in [0.5, 0.6) is 0 Å². The number of anilines is 1. The van der Waals surface area contributed by atoms with Gasteiger partial charge in [-0.2, -0.15) is 0 Å². The van der Waals surface area contributed by atoms with E-state index >= 15 is 0 Å². The molecule has 0 aromatic carbocycles. The highest BCUT2D eigenvalue weighted by atomic mass is 79.9. The van der Waals surface area contributed by atoms with Crippen LogP contribution in [0, 0.1) is 0 Å². The molecule has 0 unspecified atom stereocenters. The quantitative estimate of drug-likeness (QED) is 0.638. The topological polar surface area (TPSA) is 59.1 Å². The standard InChI is InChI=1S/C10H14BrClN2O2S/c1-2-3-4-17(15,16)14-10-6-8(7-11)5-9(12)13-10/h5-6H,2-4,7H2,1H3,(H,13,14). The van der Waals surface area contributed by atoms with Crippen molar-refractivity contribution in [1.82, 2.24) is 4.98 Å². The first-order chi connectivity index (χ1) is 7.96. The molecule has 1 heterocycles. The van der Waals surface area contributed by atoms with Crippen molar-refractivity contribution in [1.29, 1.82) is 0 Å². The van der Waals surface area contributed by atoms with Gasteiger partial charge in [0.15, 0.2) is 0 Å². The van der Waals surface area contributed by atoms with Crippen LogP contribution in [0.15, 0.2) is 12.1 Å². The molecule has 0 aliphatic carbocycles. The molecular weight excluding hydrogens is 328 g/mol. The summed E-state index contributed by atoms with van der Waals surface area (Å²) >= 11 is 9.08. The van der Waals surface area contributed by atoms with Gasteiger partial charge in [0.1, 0.15) is 11.0 Å². The van der Waals surface area contributed by atoms with Gasteiger partial charge in [0.2, 0.25) is 10.0 Å². The van der Waals surface area contributed by atoms with Gasteiger partial charge in [-0.05, 0) is 24.1 Å². The first kappa shape index (κ1) is 14.7. The lowest BCUT2D eigenvalue weighted by Gasteiger charge is -2.08. The molecule has 0 aliphatic heterocycles. The van der Waals surface area contributed by atoms with E-state index in [4.69, 9.17) is 11.6 Å². The zero-order valence-corrected chi connectivity index (χ0v) is 12.6. The second-order valence-corrected chi connectivity index (χ2v) is 6.38. The highest BCUT2D eigenvalue weighted by Gasteiger charge is 2.11. The minimum atomic E-state index is -3.32. The molecule has 0 radical (unpaired) electrons. The van der Waals surface area contributed by atoms with Crippen molar-refractivity contribution in [3.63, 3.8) is 0 Å². The van der Waals surface area contributed by atoms with E-state index in [0.717, 1.165) is 12.0 Å². The van der Waals surface area contributed by atoms with Gasteiger partial charge in [-0.1, -0.05) is 40.9 Å². The van der Waals surface area contributed by atoms with Crippen molar-refractivity contribution in [2.24, 2.45) is 0 Å². The third kappa shape index (κ3) is 5.23. The number of aromatic nitrogens is 1. The summed E-state index contributed by atoms with van der Waals surface area (Å²) in [6.45, 7) is 1.94. The predicted molar refractivity (Wildman–Crippen MR) is 74.2 cm³/mol. The van der Waals surface area contributed by atoms with E-state index in [9.17, 15) is 8.42 Å². The molecule has 1 N–H and O–H groups in total. The van der Waals surface area contributed by atoms with Crippen LogP contribution in [0.2, 0.25) is 5.15 Å². The number of nitrogens with zero attached hydrogens (tertiary/aromatic N) is 1. The fourth-order valence-corrected chi connectivity index (χ4v) is 2.97. The van der Waals surface area contributed by atoms with Crippen molar-refractivity contribution in [3.05, 3.63) is 22.8 Å². The van der Waals surface area contributed by atoms with E-state index in [2.05, 4.69) is 25.6 Å². The van der Waals surface area contributed by atoms with E-state index in [1.54, 1.807) is 12.1 Å². The van der Waals surface area contributed by atoms with Crippen LogP contribution in [0.3, 0.4) is 0 Å². The number of halogens is 2. The first-order valence-corrected chi connectivity index (χ1v) is 8.35. The Hall–Kier alpha value is -0.330. The molecule has 1 aromatic rings. The van der Waals surface area contributed by atoms with Crippen LogP contribution >= 0.6 is 27.5 Å². The molecule has 96 valence electrons. The van der Waals surface area contributed by atoms with Gasteiger partial charge in [-0.3, -0.25) is 4.72 Å². The van der Waals surface area contributed by atoms with Crippen LogP contribution in [0.4, 0.5) is 5.82 Å². The molecule has 0 saturated heterocycles. The van der Waals surface area contributed by atoms with Gasteiger partial charge in [-0.25, -0.2) is 13.4 Å².